The molecule has 4 atom stereocenters. The van der Waals surface area contributed by atoms with Crippen LogP contribution in [0, 0.1) is 0 Å². The summed E-state index contributed by atoms with van der Waals surface area (Å²) in [5.41, 5.74) is 1.11. The van der Waals surface area contributed by atoms with Crippen molar-refractivity contribution in [1.82, 2.24) is 0 Å². The Hall–Kier alpha value is -1.92. The van der Waals surface area contributed by atoms with Crippen molar-refractivity contribution in [3.05, 3.63) is 35.9 Å². The normalized spacial score (nSPS) is 22.6. The van der Waals surface area contributed by atoms with Gasteiger partial charge in [-0.1, -0.05) is 37.3 Å². The molecule has 1 aliphatic rings. The van der Waals surface area contributed by atoms with E-state index in [0.717, 1.165) is 12.0 Å². The zero-order valence-corrected chi connectivity index (χ0v) is 17.1. The van der Waals surface area contributed by atoms with Gasteiger partial charge in [-0.05, 0) is 31.7 Å². The van der Waals surface area contributed by atoms with Crippen LogP contribution >= 0.6 is 0 Å². The third-order valence-corrected chi connectivity index (χ3v) is 4.85. The molecule has 1 heterocycles. The van der Waals surface area contributed by atoms with Crippen LogP contribution < -0.4 is 0 Å². The minimum absolute atomic E-state index is 0.0756. The number of carbonyl (C=O) groups is 2. The van der Waals surface area contributed by atoms with Gasteiger partial charge in [0.2, 0.25) is 0 Å². The van der Waals surface area contributed by atoms with E-state index in [2.05, 4.69) is 6.92 Å². The highest BCUT2D eigenvalue weighted by atomic mass is 16.6. The maximum atomic E-state index is 11.5. The zero-order chi connectivity index (χ0) is 20.4. The number of hydrogen-bond acceptors (Lipinski definition) is 6. The third kappa shape index (κ3) is 7.24. The van der Waals surface area contributed by atoms with E-state index in [4.69, 9.17) is 18.9 Å². The van der Waals surface area contributed by atoms with E-state index in [1.807, 2.05) is 30.3 Å². The molecule has 0 aliphatic carbocycles. The van der Waals surface area contributed by atoms with Crippen molar-refractivity contribution >= 4 is 11.9 Å². The number of benzene rings is 1. The molecule has 1 aromatic rings. The molecule has 0 aromatic heterocycles. The predicted octanol–water partition coefficient (Wildman–Crippen LogP) is 3.80. The van der Waals surface area contributed by atoms with E-state index in [-0.39, 0.29) is 36.4 Å². The second kappa shape index (κ2) is 11.8. The van der Waals surface area contributed by atoms with E-state index in [9.17, 15) is 9.59 Å². The van der Waals surface area contributed by atoms with Gasteiger partial charge in [-0.2, -0.15) is 0 Å². The Balaban J connectivity index is 1.90. The molecule has 0 bridgehead atoms. The van der Waals surface area contributed by atoms with Gasteiger partial charge in [0.1, 0.15) is 6.10 Å². The number of rotatable bonds is 11. The lowest BCUT2D eigenvalue weighted by Crippen LogP contribution is -2.28. The first kappa shape index (κ1) is 22.4. The lowest BCUT2D eigenvalue weighted by atomic mass is 10.0. The minimum atomic E-state index is -0.317. The van der Waals surface area contributed by atoms with Crippen LogP contribution in [0.5, 0.6) is 0 Å². The van der Waals surface area contributed by atoms with Crippen molar-refractivity contribution in [3.8, 4) is 0 Å². The van der Waals surface area contributed by atoms with Gasteiger partial charge in [0.05, 0.1) is 31.5 Å². The SMILES string of the molecule is CCOC(=O)CCC[C@@H]1O[C@@H]([C@@H](CC)OCc2ccccc2)C[C@H]1OC(C)=O. The predicted molar refractivity (Wildman–Crippen MR) is 105 cm³/mol. The molecule has 2 rings (SSSR count). The van der Waals surface area contributed by atoms with Crippen LogP contribution in [0.1, 0.15) is 58.4 Å². The summed E-state index contributed by atoms with van der Waals surface area (Å²) in [6.45, 7) is 6.17. The van der Waals surface area contributed by atoms with Crippen LogP contribution in [0.15, 0.2) is 30.3 Å². The summed E-state index contributed by atoms with van der Waals surface area (Å²) < 4.78 is 22.7. The molecule has 1 fully saturated rings. The van der Waals surface area contributed by atoms with Gasteiger partial charge in [0, 0.05) is 19.8 Å². The molecule has 6 heteroatoms. The summed E-state index contributed by atoms with van der Waals surface area (Å²) in [6, 6.07) is 10.0. The third-order valence-electron chi connectivity index (χ3n) is 4.85. The van der Waals surface area contributed by atoms with Crippen molar-refractivity contribution in [1.29, 1.82) is 0 Å². The molecule has 1 saturated heterocycles. The number of ether oxygens (including phenoxy) is 4. The molecular weight excluding hydrogens is 360 g/mol. The van der Waals surface area contributed by atoms with Crippen LogP contribution in [-0.4, -0.2) is 43.0 Å². The van der Waals surface area contributed by atoms with Gasteiger partial charge in [0.15, 0.2) is 0 Å². The van der Waals surface area contributed by atoms with Gasteiger partial charge >= 0.3 is 11.9 Å². The molecule has 0 radical (unpaired) electrons. The molecule has 28 heavy (non-hydrogen) atoms. The minimum Gasteiger partial charge on any atom is -0.466 e. The fourth-order valence-electron chi connectivity index (χ4n) is 3.53. The molecule has 6 nitrogen and oxygen atoms in total. The first-order valence-electron chi connectivity index (χ1n) is 10.2. The highest BCUT2D eigenvalue weighted by molar-refractivity contribution is 5.69. The molecule has 0 spiro atoms. The first-order chi connectivity index (χ1) is 13.5. The topological polar surface area (TPSA) is 71.1 Å². The lowest BCUT2D eigenvalue weighted by Gasteiger charge is -2.23. The number of hydrogen-bond donors (Lipinski definition) is 0. The molecule has 0 amide bonds. The van der Waals surface area contributed by atoms with Gasteiger partial charge in [-0.15, -0.1) is 0 Å². The van der Waals surface area contributed by atoms with E-state index in [0.29, 0.717) is 38.9 Å². The zero-order valence-electron chi connectivity index (χ0n) is 17.1. The van der Waals surface area contributed by atoms with Crippen molar-refractivity contribution in [2.45, 2.75) is 83.9 Å². The second-order valence-electron chi connectivity index (χ2n) is 7.04. The highest BCUT2D eigenvalue weighted by Crippen LogP contribution is 2.31. The Morgan fingerprint density at radius 2 is 1.96 bits per heavy atom. The van der Waals surface area contributed by atoms with E-state index in [1.165, 1.54) is 6.92 Å². The Kier molecular flexibility index (Phi) is 9.44. The first-order valence-corrected chi connectivity index (χ1v) is 10.2. The standard InChI is InChI=1S/C22H32O6/c1-4-18(26-15-17-10-7-6-8-11-17)20-14-21(27-16(3)23)19(28-20)12-9-13-22(24)25-5-2/h6-8,10-11,18-21H,4-5,9,12-15H2,1-3H3/t18-,19+,20-,21-/m1/s1. The Labute approximate surface area is 167 Å². The van der Waals surface area contributed by atoms with Crippen molar-refractivity contribution in [3.63, 3.8) is 0 Å². The fourth-order valence-corrected chi connectivity index (χ4v) is 3.53. The van der Waals surface area contributed by atoms with Crippen LogP contribution in [0.3, 0.4) is 0 Å². The molecule has 0 N–H and O–H groups in total. The molecule has 156 valence electrons. The van der Waals surface area contributed by atoms with Crippen LogP contribution in [0.4, 0.5) is 0 Å². The quantitative estimate of drug-likeness (QED) is 0.534. The summed E-state index contributed by atoms with van der Waals surface area (Å²) in [6.07, 6.45) is 2.29. The summed E-state index contributed by atoms with van der Waals surface area (Å²) in [7, 11) is 0. The summed E-state index contributed by atoms with van der Waals surface area (Å²) >= 11 is 0. The van der Waals surface area contributed by atoms with Gasteiger partial charge in [-0.25, -0.2) is 0 Å². The second-order valence-corrected chi connectivity index (χ2v) is 7.04. The van der Waals surface area contributed by atoms with Crippen molar-refractivity contribution in [2.24, 2.45) is 0 Å². The molecular formula is C22H32O6. The fraction of sp³-hybridized carbons (Fsp3) is 0.636. The Bertz CT molecular complexity index is 602. The maximum absolute atomic E-state index is 11.5. The average molecular weight is 392 g/mol. The number of esters is 2. The lowest BCUT2D eigenvalue weighted by molar-refractivity contribution is -0.150. The van der Waals surface area contributed by atoms with E-state index in [1.54, 1.807) is 6.92 Å². The van der Waals surface area contributed by atoms with Gasteiger partial charge in [-0.3, -0.25) is 9.59 Å². The summed E-state index contributed by atoms with van der Waals surface area (Å²) in [4.78, 5) is 23.0. The Morgan fingerprint density at radius 1 is 1.21 bits per heavy atom. The summed E-state index contributed by atoms with van der Waals surface area (Å²) in [5, 5.41) is 0. The molecule has 0 saturated carbocycles. The molecule has 1 aliphatic heterocycles. The maximum Gasteiger partial charge on any atom is 0.305 e. The smallest absolute Gasteiger partial charge is 0.305 e. The van der Waals surface area contributed by atoms with E-state index >= 15 is 0 Å². The van der Waals surface area contributed by atoms with Crippen LogP contribution in [-0.2, 0) is 35.1 Å². The average Bonchev–Trinajstić information content (AvgIpc) is 3.05. The largest absolute Gasteiger partial charge is 0.466 e. The number of carbonyl (C=O) groups excluding carboxylic acids is 2. The monoisotopic (exact) mass is 392 g/mol. The molecule has 1 aromatic carbocycles. The van der Waals surface area contributed by atoms with Crippen molar-refractivity contribution in [2.75, 3.05) is 6.61 Å². The molecule has 0 unspecified atom stereocenters. The summed E-state index contributed by atoms with van der Waals surface area (Å²) in [5.74, 6) is -0.526. The van der Waals surface area contributed by atoms with Gasteiger partial charge < -0.3 is 18.9 Å². The van der Waals surface area contributed by atoms with E-state index < -0.39 is 0 Å². The highest BCUT2D eigenvalue weighted by Gasteiger charge is 2.40. The van der Waals surface area contributed by atoms with Crippen LogP contribution in [0.25, 0.3) is 0 Å². The van der Waals surface area contributed by atoms with Crippen LogP contribution in [0.2, 0.25) is 0 Å². The van der Waals surface area contributed by atoms with Gasteiger partial charge in [0.25, 0.3) is 0 Å². The van der Waals surface area contributed by atoms with Crippen molar-refractivity contribution < 1.29 is 28.5 Å². The Morgan fingerprint density at radius 3 is 2.61 bits per heavy atom.